The summed E-state index contributed by atoms with van der Waals surface area (Å²) >= 11 is 0. The summed E-state index contributed by atoms with van der Waals surface area (Å²) in [6.45, 7) is 0.868. The lowest BCUT2D eigenvalue weighted by Crippen LogP contribution is -2.49. The molecular weight excluding hydrogens is 400 g/mol. The first-order chi connectivity index (χ1) is 15.1. The van der Waals surface area contributed by atoms with Gasteiger partial charge in [0.05, 0.1) is 5.56 Å². The summed E-state index contributed by atoms with van der Waals surface area (Å²) in [6.07, 6.45) is 2.96. The SMILES string of the molecule is O=C1COc2ncc(C(=O)N3CCCC(NC(=O)c4cc5ccccc5o4)C3)cc2N1. The van der Waals surface area contributed by atoms with Crippen LogP contribution < -0.4 is 15.4 Å². The van der Waals surface area contributed by atoms with Crippen LogP contribution in [0.4, 0.5) is 5.69 Å². The summed E-state index contributed by atoms with van der Waals surface area (Å²) < 4.78 is 10.9. The molecule has 158 valence electrons. The molecule has 0 spiro atoms. The second kappa shape index (κ2) is 7.75. The highest BCUT2D eigenvalue weighted by molar-refractivity contribution is 5.99. The molecule has 1 unspecified atom stereocenters. The molecule has 1 atom stereocenters. The van der Waals surface area contributed by atoms with Crippen LogP contribution in [0.1, 0.15) is 33.8 Å². The molecule has 1 fully saturated rings. The fraction of sp³-hybridized carbons (Fsp3) is 0.273. The minimum Gasteiger partial charge on any atom is -0.466 e. The van der Waals surface area contributed by atoms with Crippen LogP contribution in [0, 0.1) is 0 Å². The van der Waals surface area contributed by atoms with Gasteiger partial charge in [-0.05, 0) is 31.0 Å². The number of amides is 3. The number of carbonyl (C=O) groups is 3. The van der Waals surface area contributed by atoms with Crippen LogP contribution in [0.2, 0.25) is 0 Å². The fourth-order valence-corrected chi connectivity index (χ4v) is 3.91. The van der Waals surface area contributed by atoms with Gasteiger partial charge in [-0.2, -0.15) is 0 Å². The first kappa shape index (κ1) is 19.1. The van der Waals surface area contributed by atoms with Gasteiger partial charge in [0.25, 0.3) is 17.7 Å². The molecule has 9 heteroatoms. The molecule has 0 radical (unpaired) electrons. The van der Waals surface area contributed by atoms with Crippen molar-refractivity contribution in [2.75, 3.05) is 25.0 Å². The van der Waals surface area contributed by atoms with E-state index in [-0.39, 0.29) is 36.1 Å². The van der Waals surface area contributed by atoms with Crippen molar-refractivity contribution in [3.05, 3.63) is 53.9 Å². The number of benzene rings is 1. The normalized spacial score (nSPS) is 18.1. The van der Waals surface area contributed by atoms with E-state index in [9.17, 15) is 14.4 Å². The third-order valence-corrected chi connectivity index (χ3v) is 5.41. The van der Waals surface area contributed by atoms with E-state index >= 15 is 0 Å². The minimum absolute atomic E-state index is 0.0912. The number of rotatable bonds is 3. The number of furan rings is 1. The lowest BCUT2D eigenvalue weighted by molar-refractivity contribution is -0.118. The van der Waals surface area contributed by atoms with Gasteiger partial charge in [0.15, 0.2) is 12.4 Å². The van der Waals surface area contributed by atoms with Crippen molar-refractivity contribution in [3.63, 3.8) is 0 Å². The number of fused-ring (bicyclic) bond motifs is 2. The second-order valence-corrected chi connectivity index (χ2v) is 7.63. The molecule has 2 N–H and O–H groups in total. The summed E-state index contributed by atoms with van der Waals surface area (Å²) in [5.74, 6) is -0.251. The number of ether oxygens (including phenoxy) is 1. The van der Waals surface area contributed by atoms with Crippen LogP contribution in [0.25, 0.3) is 11.0 Å². The summed E-state index contributed by atoms with van der Waals surface area (Å²) in [4.78, 5) is 43.0. The van der Waals surface area contributed by atoms with Crippen molar-refractivity contribution in [1.82, 2.24) is 15.2 Å². The zero-order valence-corrected chi connectivity index (χ0v) is 16.6. The molecule has 0 saturated carbocycles. The quantitative estimate of drug-likeness (QED) is 0.672. The zero-order chi connectivity index (χ0) is 21.4. The molecule has 1 aromatic carbocycles. The smallest absolute Gasteiger partial charge is 0.287 e. The number of aromatic nitrogens is 1. The Morgan fingerprint density at radius 3 is 2.97 bits per heavy atom. The number of para-hydroxylation sites is 1. The maximum absolute atomic E-state index is 13.0. The van der Waals surface area contributed by atoms with Gasteiger partial charge in [-0.25, -0.2) is 4.98 Å². The monoisotopic (exact) mass is 420 g/mol. The largest absolute Gasteiger partial charge is 0.466 e. The third-order valence-electron chi connectivity index (χ3n) is 5.41. The highest BCUT2D eigenvalue weighted by atomic mass is 16.5. The number of likely N-dealkylation sites (tertiary alicyclic amines) is 1. The van der Waals surface area contributed by atoms with Crippen molar-refractivity contribution in [3.8, 4) is 5.88 Å². The predicted molar refractivity (Wildman–Crippen MR) is 111 cm³/mol. The van der Waals surface area contributed by atoms with E-state index in [1.807, 2.05) is 24.3 Å². The van der Waals surface area contributed by atoms with Gasteiger partial charge < -0.3 is 24.7 Å². The number of hydrogen-bond donors (Lipinski definition) is 2. The third kappa shape index (κ3) is 3.81. The summed E-state index contributed by atoms with van der Waals surface area (Å²) in [7, 11) is 0. The van der Waals surface area contributed by atoms with Crippen LogP contribution in [-0.2, 0) is 4.79 Å². The maximum atomic E-state index is 13.0. The van der Waals surface area contributed by atoms with Gasteiger partial charge in [0.2, 0.25) is 5.88 Å². The molecule has 9 nitrogen and oxygen atoms in total. The number of carbonyl (C=O) groups excluding carboxylic acids is 3. The number of hydrogen-bond acceptors (Lipinski definition) is 6. The average molecular weight is 420 g/mol. The molecule has 2 aliphatic rings. The Bertz CT molecular complexity index is 1150. The number of pyridine rings is 1. The van der Waals surface area contributed by atoms with E-state index in [1.54, 1.807) is 17.0 Å². The Labute approximate surface area is 177 Å². The van der Waals surface area contributed by atoms with Crippen molar-refractivity contribution >= 4 is 34.4 Å². The van der Waals surface area contributed by atoms with E-state index in [0.29, 0.717) is 35.8 Å². The molecule has 31 heavy (non-hydrogen) atoms. The molecule has 5 rings (SSSR count). The Morgan fingerprint density at radius 2 is 2.10 bits per heavy atom. The van der Waals surface area contributed by atoms with Crippen LogP contribution in [0.3, 0.4) is 0 Å². The van der Waals surface area contributed by atoms with Gasteiger partial charge in [-0.3, -0.25) is 14.4 Å². The predicted octanol–water partition coefficient (Wildman–Crippen LogP) is 2.19. The van der Waals surface area contributed by atoms with Gasteiger partial charge in [0, 0.05) is 30.7 Å². The number of nitrogens with zero attached hydrogens (tertiary/aromatic N) is 2. The van der Waals surface area contributed by atoms with E-state index in [1.165, 1.54) is 6.20 Å². The van der Waals surface area contributed by atoms with Gasteiger partial charge in [-0.1, -0.05) is 18.2 Å². The van der Waals surface area contributed by atoms with E-state index in [0.717, 1.165) is 18.2 Å². The Hall–Kier alpha value is -3.88. The average Bonchev–Trinajstić information content (AvgIpc) is 3.23. The van der Waals surface area contributed by atoms with E-state index in [4.69, 9.17) is 9.15 Å². The topological polar surface area (TPSA) is 114 Å². The first-order valence-electron chi connectivity index (χ1n) is 10.1. The van der Waals surface area contributed by atoms with Crippen LogP contribution in [-0.4, -0.2) is 53.3 Å². The molecule has 2 aromatic heterocycles. The summed E-state index contributed by atoms with van der Waals surface area (Å²) in [5.41, 5.74) is 1.40. The zero-order valence-electron chi connectivity index (χ0n) is 16.6. The maximum Gasteiger partial charge on any atom is 0.287 e. The Kier molecular flexibility index (Phi) is 4.78. The van der Waals surface area contributed by atoms with Gasteiger partial charge in [-0.15, -0.1) is 0 Å². The summed E-state index contributed by atoms with van der Waals surface area (Å²) in [5, 5.41) is 6.49. The van der Waals surface area contributed by atoms with Crippen molar-refractivity contribution in [1.29, 1.82) is 0 Å². The molecule has 4 heterocycles. The van der Waals surface area contributed by atoms with Crippen LogP contribution in [0.15, 0.2) is 47.0 Å². The minimum atomic E-state index is -0.300. The molecule has 0 bridgehead atoms. The Balaban J connectivity index is 1.26. The Morgan fingerprint density at radius 1 is 1.23 bits per heavy atom. The van der Waals surface area contributed by atoms with Crippen molar-refractivity contribution in [2.45, 2.75) is 18.9 Å². The van der Waals surface area contributed by atoms with Crippen molar-refractivity contribution < 1.29 is 23.5 Å². The number of anilines is 1. The molecule has 3 amide bonds. The molecule has 1 saturated heterocycles. The van der Waals surface area contributed by atoms with E-state index in [2.05, 4.69) is 15.6 Å². The van der Waals surface area contributed by atoms with Gasteiger partial charge in [0.1, 0.15) is 11.3 Å². The number of piperidine rings is 1. The highest BCUT2D eigenvalue weighted by Gasteiger charge is 2.28. The van der Waals surface area contributed by atoms with E-state index < -0.39 is 0 Å². The fourth-order valence-electron chi connectivity index (χ4n) is 3.91. The number of nitrogens with one attached hydrogen (secondary N) is 2. The molecule has 2 aliphatic heterocycles. The molecule has 3 aromatic rings. The van der Waals surface area contributed by atoms with Crippen molar-refractivity contribution in [2.24, 2.45) is 0 Å². The lowest BCUT2D eigenvalue weighted by Gasteiger charge is -2.33. The van der Waals surface area contributed by atoms with Crippen LogP contribution in [0.5, 0.6) is 5.88 Å². The van der Waals surface area contributed by atoms with Gasteiger partial charge >= 0.3 is 0 Å². The lowest BCUT2D eigenvalue weighted by atomic mass is 10.0. The molecular formula is C22H20N4O5. The first-order valence-corrected chi connectivity index (χ1v) is 10.1. The molecule has 0 aliphatic carbocycles. The second-order valence-electron chi connectivity index (χ2n) is 7.63. The summed E-state index contributed by atoms with van der Waals surface area (Å²) in [6, 6.07) is 10.5. The highest BCUT2D eigenvalue weighted by Crippen LogP contribution is 2.26. The standard InChI is InChI=1S/C22H20N4O5/c27-19-12-30-21-16(25-19)8-14(10-23-21)22(29)26-7-3-5-15(11-26)24-20(28)18-9-13-4-1-2-6-17(13)31-18/h1-2,4,6,8-10,15H,3,5,7,11-12H2,(H,24,28)(H,25,27). The van der Waals surface area contributed by atoms with Crippen LogP contribution >= 0.6 is 0 Å².